The van der Waals surface area contributed by atoms with Gasteiger partial charge in [-0.15, -0.1) is 0 Å². The Labute approximate surface area is 142 Å². The molecule has 4 aromatic rings. The van der Waals surface area contributed by atoms with Gasteiger partial charge in [-0.3, -0.25) is 10.1 Å². The van der Waals surface area contributed by atoms with Crippen molar-refractivity contribution in [2.45, 2.75) is 12.5 Å². The third-order valence-electron chi connectivity index (χ3n) is 4.19. The molecule has 4 heterocycles. The van der Waals surface area contributed by atoms with Gasteiger partial charge in [-0.25, -0.2) is 0 Å². The number of fused-ring (bicyclic) bond motifs is 2. The van der Waals surface area contributed by atoms with Gasteiger partial charge in [0.05, 0.1) is 24.1 Å². The molecule has 0 radical (unpaired) electrons. The second-order valence-corrected chi connectivity index (χ2v) is 5.90. The first-order chi connectivity index (χ1) is 12.4. The van der Waals surface area contributed by atoms with E-state index >= 15 is 0 Å². The fourth-order valence-electron chi connectivity index (χ4n) is 2.92. The third kappa shape index (κ3) is 2.56. The first-order valence-electron chi connectivity index (χ1n) is 8.07. The van der Waals surface area contributed by atoms with Gasteiger partial charge in [-0.1, -0.05) is 0 Å². The van der Waals surface area contributed by atoms with E-state index in [2.05, 4.69) is 25.7 Å². The van der Waals surface area contributed by atoms with Crippen LogP contribution >= 0.6 is 0 Å². The topological polar surface area (TPSA) is 98.1 Å². The van der Waals surface area contributed by atoms with Crippen molar-refractivity contribution in [1.82, 2.24) is 20.3 Å². The minimum absolute atomic E-state index is 0.0348. The van der Waals surface area contributed by atoms with Crippen molar-refractivity contribution in [2.24, 2.45) is 0 Å². The normalized spacial score (nSPS) is 17.4. The highest BCUT2D eigenvalue weighted by Gasteiger charge is 2.20. The predicted molar refractivity (Wildman–Crippen MR) is 91.0 cm³/mol. The van der Waals surface area contributed by atoms with Crippen LogP contribution in [0.15, 0.2) is 41.1 Å². The Morgan fingerprint density at radius 1 is 1.28 bits per heavy atom. The molecule has 0 aliphatic carbocycles. The monoisotopic (exact) mass is 337 g/mol. The summed E-state index contributed by atoms with van der Waals surface area (Å²) in [4.78, 5) is 4.34. The molecule has 5 rings (SSSR count). The van der Waals surface area contributed by atoms with Crippen molar-refractivity contribution < 1.29 is 14.0 Å². The van der Waals surface area contributed by atoms with Crippen molar-refractivity contribution in [3.8, 4) is 5.88 Å². The molecule has 8 nitrogen and oxygen atoms in total. The summed E-state index contributed by atoms with van der Waals surface area (Å²) in [5.41, 5.74) is 3.14. The summed E-state index contributed by atoms with van der Waals surface area (Å²) >= 11 is 0. The van der Waals surface area contributed by atoms with Crippen LogP contribution in [0, 0.1) is 0 Å². The van der Waals surface area contributed by atoms with E-state index < -0.39 is 0 Å². The molecule has 0 spiro atoms. The summed E-state index contributed by atoms with van der Waals surface area (Å²) in [6.07, 6.45) is 2.64. The van der Waals surface area contributed by atoms with E-state index in [1.54, 1.807) is 6.20 Å². The molecule has 0 saturated carbocycles. The zero-order valence-electron chi connectivity index (χ0n) is 13.2. The first-order valence-corrected chi connectivity index (χ1v) is 8.07. The predicted octanol–water partition coefficient (Wildman–Crippen LogP) is 3.01. The van der Waals surface area contributed by atoms with Crippen LogP contribution in [0.1, 0.15) is 6.42 Å². The molecular formula is C17H15N5O3. The van der Waals surface area contributed by atoms with Gasteiger partial charge in [-0.2, -0.15) is 5.10 Å². The standard InChI is InChI=1S/C17H15N5O3/c1-2-13-15(18-6-1)16(21-20-13)19-10-3-4-12-14(8-10)25-22-17(12)24-11-5-7-23-9-11/h1-4,6,8,11H,5,7,9H2,(H2,19,20,21). The van der Waals surface area contributed by atoms with Crippen LogP contribution in [0.5, 0.6) is 5.88 Å². The first kappa shape index (κ1) is 14.2. The van der Waals surface area contributed by atoms with Crippen LogP contribution in [-0.2, 0) is 4.74 Å². The summed E-state index contributed by atoms with van der Waals surface area (Å²) in [5, 5.41) is 15.3. The molecule has 1 atom stereocenters. The number of anilines is 2. The number of H-pyrrole nitrogens is 1. The van der Waals surface area contributed by atoms with Crippen LogP contribution in [0.25, 0.3) is 22.0 Å². The number of nitrogens with zero attached hydrogens (tertiary/aromatic N) is 3. The van der Waals surface area contributed by atoms with Crippen molar-refractivity contribution in [3.05, 3.63) is 36.5 Å². The van der Waals surface area contributed by atoms with Gasteiger partial charge < -0.3 is 19.3 Å². The molecule has 3 aromatic heterocycles. The Balaban J connectivity index is 1.43. The van der Waals surface area contributed by atoms with E-state index in [0.29, 0.717) is 23.9 Å². The van der Waals surface area contributed by atoms with Crippen LogP contribution in [0.2, 0.25) is 0 Å². The van der Waals surface area contributed by atoms with Crippen LogP contribution in [0.4, 0.5) is 11.5 Å². The smallest absolute Gasteiger partial charge is 0.262 e. The molecule has 126 valence electrons. The van der Waals surface area contributed by atoms with Crippen LogP contribution in [-0.4, -0.2) is 39.7 Å². The van der Waals surface area contributed by atoms with Crippen molar-refractivity contribution >= 4 is 33.5 Å². The third-order valence-corrected chi connectivity index (χ3v) is 4.19. The molecule has 2 N–H and O–H groups in total. The number of rotatable bonds is 4. The zero-order chi connectivity index (χ0) is 16.6. The van der Waals surface area contributed by atoms with E-state index in [0.717, 1.165) is 35.1 Å². The number of hydrogen-bond donors (Lipinski definition) is 2. The van der Waals surface area contributed by atoms with Gasteiger partial charge in [0.15, 0.2) is 11.4 Å². The molecule has 25 heavy (non-hydrogen) atoms. The Morgan fingerprint density at radius 3 is 3.20 bits per heavy atom. The van der Waals surface area contributed by atoms with Crippen molar-refractivity contribution in [2.75, 3.05) is 18.5 Å². The maximum atomic E-state index is 5.85. The van der Waals surface area contributed by atoms with Gasteiger partial charge in [0, 0.05) is 24.4 Å². The van der Waals surface area contributed by atoms with Gasteiger partial charge in [-0.05, 0) is 29.4 Å². The summed E-state index contributed by atoms with van der Waals surface area (Å²) in [7, 11) is 0. The van der Waals surface area contributed by atoms with Gasteiger partial charge in [0.1, 0.15) is 11.6 Å². The fraction of sp³-hybridized carbons (Fsp3) is 0.235. The molecule has 1 aliphatic rings. The lowest BCUT2D eigenvalue weighted by molar-refractivity contribution is 0.135. The highest BCUT2D eigenvalue weighted by atomic mass is 16.6. The zero-order valence-corrected chi connectivity index (χ0v) is 13.2. The largest absolute Gasteiger partial charge is 0.469 e. The summed E-state index contributed by atoms with van der Waals surface area (Å²) in [6, 6.07) is 9.50. The minimum Gasteiger partial charge on any atom is -0.469 e. The van der Waals surface area contributed by atoms with E-state index in [4.69, 9.17) is 14.0 Å². The lowest BCUT2D eigenvalue weighted by Gasteiger charge is -2.08. The maximum absolute atomic E-state index is 5.85. The Morgan fingerprint density at radius 2 is 2.28 bits per heavy atom. The summed E-state index contributed by atoms with van der Waals surface area (Å²) in [5.74, 6) is 1.16. The SMILES string of the molecule is c1cnc2c(Nc3ccc4c(OC5CCOC5)noc4c3)n[nH]c2c1. The lowest BCUT2D eigenvalue weighted by atomic mass is 10.2. The van der Waals surface area contributed by atoms with E-state index in [1.807, 2.05) is 30.3 Å². The number of aromatic amines is 1. The molecule has 1 saturated heterocycles. The van der Waals surface area contributed by atoms with Gasteiger partial charge >= 0.3 is 0 Å². The molecule has 0 bridgehead atoms. The van der Waals surface area contributed by atoms with Gasteiger partial charge in [0.25, 0.3) is 5.88 Å². The highest BCUT2D eigenvalue weighted by Crippen LogP contribution is 2.30. The van der Waals surface area contributed by atoms with Gasteiger partial charge in [0.2, 0.25) is 0 Å². The maximum Gasteiger partial charge on any atom is 0.262 e. The Hall–Kier alpha value is -3.13. The molecule has 1 fully saturated rings. The van der Waals surface area contributed by atoms with E-state index in [9.17, 15) is 0 Å². The number of ether oxygens (including phenoxy) is 2. The van der Waals surface area contributed by atoms with Crippen molar-refractivity contribution in [1.29, 1.82) is 0 Å². The molecule has 1 aliphatic heterocycles. The van der Waals surface area contributed by atoms with Crippen LogP contribution in [0.3, 0.4) is 0 Å². The number of benzene rings is 1. The molecule has 1 unspecified atom stereocenters. The molecular weight excluding hydrogens is 322 g/mol. The quantitative estimate of drug-likeness (QED) is 0.590. The summed E-state index contributed by atoms with van der Waals surface area (Å²) < 4.78 is 16.6. The second-order valence-electron chi connectivity index (χ2n) is 5.90. The van der Waals surface area contributed by atoms with Crippen LogP contribution < -0.4 is 10.1 Å². The number of aromatic nitrogens is 4. The number of pyridine rings is 1. The Kier molecular flexibility index (Phi) is 3.27. The van der Waals surface area contributed by atoms with E-state index in [-0.39, 0.29) is 6.10 Å². The van der Waals surface area contributed by atoms with Crippen molar-refractivity contribution in [3.63, 3.8) is 0 Å². The second kappa shape index (κ2) is 5.75. The molecule has 1 aromatic carbocycles. The molecule has 8 heteroatoms. The fourth-order valence-corrected chi connectivity index (χ4v) is 2.92. The average Bonchev–Trinajstić information content (AvgIpc) is 3.37. The number of hydrogen-bond acceptors (Lipinski definition) is 7. The Bertz CT molecular complexity index is 1040. The highest BCUT2D eigenvalue weighted by molar-refractivity contribution is 5.90. The minimum atomic E-state index is 0.0348. The van der Waals surface area contributed by atoms with E-state index in [1.165, 1.54) is 0 Å². The summed E-state index contributed by atoms with van der Waals surface area (Å²) in [6.45, 7) is 1.31. The lowest BCUT2D eigenvalue weighted by Crippen LogP contribution is -2.15. The number of nitrogens with one attached hydrogen (secondary N) is 2. The average molecular weight is 337 g/mol. The molecule has 0 amide bonds.